The minimum absolute atomic E-state index is 0.374. The van der Waals surface area contributed by atoms with E-state index in [9.17, 15) is 13.2 Å². The number of thiophene rings is 1. The van der Waals surface area contributed by atoms with E-state index in [1.54, 1.807) is 11.3 Å². The SMILES string of the molecule is Cc1nc(NCC2CCN(CC(F)(F)F)CC2)c2c(C)csc2n1. The summed E-state index contributed by atoms with van der Waals surface area (Å²) in [6.45, 7) is 4.85. The molecular weight excluding hydrogens is 337 g/mol. The summed E-state index contributed by atoms with van der Waals surface area (Å²) < 4.78 is 37.3. The topological polar surface area (TPSA) is 41.1 Å². The minimum atomic E-state index is -4.11. The number of hydrogen-bond donors (Lipinski definition) is 1. The van der Waals surface area contributed by atoms with Crippen LogP contribution in [0.1, 0.15) is 24.2 Å². The van der Waals surface area contributed by atoms with E-state index in [2.05, 4.69) is 20.7 Å². The first kappa shape index (κ1) is 17.4. The lowest BCUT2D eigenvalue weighted by atomic mass is 9.96. The molecule has 0 amide bonds. The number of piperidine rings is 1. The van der Waals surface area contributed by atoms with Gasteiger partial charge in [0.1, 0.15) is 16.5 Å². The Hall–Kier alpha value is -1.41. The lowest BCUT2D eigenvalue weighted by Gasteiger charge is -2.32. The molecule has 1 aliphatic rings. The summed E-state index contributed by atoms with van der Waals surface area (Å²) in [6.07, 6.45) is -2.55. The van der Waals surface area contributed by atoms with Crippen LogP contribution in [-0.4, -0.2) is 47.2 Å². The minimum Gasteiger partial charge on any atom is -0.369 e. The summed E-state index contributed by atoms with van der Waals surface area (Å²) >= 11 is 1.60. The average molecular weight is 358 g/mol. The van der Waals surface area contributed by atoms with E-state index >= 15 is 0 Å². The molecule has 1 fully saturated rings. The number of aryl methyl sites for hydroxylation is 2. The third kappa shape index (κ3) is 4.16. The molecule has 3 rings (SSSR count). The Bertz CT molecular complexity index is 705. The smallest absolute Gasteiger partial charge is 0.369 e. The van der Waals surface area contributed by atoms with Gasteiger partial charge in [0, 0.05) is 6.54 Å². The molecule has 8 heteroatoms. The first-order chi connectivity index (χ1) is 11.3. The van der Waals surface area contributed by atoms with Crippen LogP contribution in [0, 0.1) is 19.8 Å². The van der Waals surface area contributed by atoms with Gasteiger partial charge in [0.25, 0.3) is 0 Å². The van der Waals surface area contributed by atoms with Crippen LogP contribution in [0.15, 0.2) is 5.38 Å². The summed E-state index contributed by atoms with van der Waals surface area (Å²) in [5.41, 5.74) is 1.15. The summed E-state index contributed by atoms with van der Waals surface area (Å²) in [5, 5.41) is 6.53. The van der Waals surface area contributed by atoms with Crippen molar-refractivity contribution < 1.29 is 13.2 Å². The molecule has 132 valence electrons. The zero-order valence-corrected chi connectivity index (χ0v) is 14.6. The predicted molar refractivity (Wildman–Crippen MR) is 90.6 cm³/mol. The summed E-state index contributed by atoms with van der Waals surface area (Å²) in [4.78, 5) is 11.4. The molecule has 0 unspecified atom stereocenters. The highest BCUT2D eigenvalue weighted by Crippen LogP contribution is 2.30. The fourth-order valence-corrected chi connectivity index (χ4v) is 4.13. The second kappa shape index (κ2) is 6.84. The first-order valence-corrected chi connectivity index (χ1v) is 8.95. The van der Waals surface area contributed by atoms with Gasteiger partial charge in [-0.05, 0) is 56.6 Å². The molecule has 0 radical (unpaired) electrons. The van der Waals surface area contributed by atoms with Crippen LogP contribution in [0.2, 0.25) is 0 Å². The van der Waals surface area contributed by atoms with Crippen LogP contribution >= 0.6 is 11.3 Å². The van der Waals surface area contributed by atoms with Gasteiger partial charge in [-0.3, -0.25) is 4.90 Å². The molecule has 0 spiro atoms. The number of hydrogen-bond acceptors (Lipinski definition) is 5. The van der Waals surface area contributed by atoms with Crippen LogP contribution in [0.25, 0.3) is 10.2 Å². The van der Waals surface area contributed by atoms with Gasteiger partial charge in [0.05, 0.1) is 11.9 Å². The monoisotopic (exact) mass is 358 g/mol. The number of nitrogens with one attached hydrogen (secondary N) is 1. The van der Waals surface area contributed by atoms with Crippen molar-refractivity contribution in [3.8, 4) is 0 Å². The number of fused-ring (bicyclic) bond motifs is 1. The molecular formula is C16H21F3N4S. The number of anilines is 1. The van der Waals surface area contributed by atoms with Gasteiger partial charge in [0.15, 0.2) is 0 Å². The van der Waals surface area contributed by atoms with E-state index in [0.717, 1.165) is 46.8 Å². The van der Waals surface area contributed by atoms with Crippen LogP contribution in [0.4, 0.5) is 19.0 Å². The molecule has 2 aromatic heterocycles. The largest absolute Gasteiger partial charge is 0.401 e. The van der Waals surface area contributed by atoms with Crippen molar-refractivity contribution in [3.05, 3.63) is 16.8 Å². The molecule has 0 bridgehead atoms. The molecule has 24 heavy (non-hydrogen) atoms. The van der Waals surface area contributed by atoms with Gasteiger partial charge >= 0.3 is 6.18 Å². The van der Waals surface area contributed by atoms with Crippen molar-refractivity contribution in [1.82, 2.24) is 14.9 Å². The van der Waals surface area contributed by atoms with Crippen molar-refractivity contribution in [2.24, 2.45) is 5.92 Å². The van der Waals surface area contributed by atoms with E-state index in [1.807, 2.05) is 13.8 Å². The summed E-state index contributed by atoms with van der Waals surface area (Å²) in [6, 6.07) is 0. The fourth-order valence-electron chi connectivity index (χ4n) is 3.16. The number of halogens is 3. The summed E-state index contributed by atoms with van der Waals surface area (Å²) in [7, 11) is 0. The van der Waals surface area contributed by atoms with Gasteiger partial charge in [-0.25, -0.2) is 9.97 Å². The Morgan fingerprint density at radius 1 is 1.25 bits per heavy atom. The van der Waals surface area contributed by atoms with Crippen molar-refractivity contribution in [3.63, 3.8) is 0 Å². The molecule has 0 atom stereocenters. The van der Waals surface area contributed by atoms with Gasteiger partial charge in [-0.1, -0.05) is 0 Å². The van der Waals surface area contributed by atoms with E-state index < -0.39 is 12.7 Å². The lowest BCUT2D eigenvalue weighted by molar-refractivity contribution is -0.148. The first-order valence-electron chi connectivity index (χ1n) is 8.07. The molecule has 0 saturated carbocycles. The Kier molecular flexibility index (Phi) is 4.96. The number of nitrogens with zero attached hydrogens (tertiary/aromatic N) is 3. The highest BCUT2D eigenvalue weighted by molar-refractivity contribution is 7.17. The van der Waals surface area contributed by atoms with E-state index in [4.69, 9.17) is 0 Å². The Balaban J connectivity index is 1.59. The summed E-state index contributed by atoms with van der Waals surface area (Å²) in [5.74, 6) is 1.94. The Labute approximate surface area is 143 Å². The lowest BCUT2D eigenvalue weighted by Crippen LogP contribution is -2.41. The standard InChI is InChI=1S/C16H21F3N4S/c1-10-8-24-15-13(10)14(21-11(2)22-15)20-7-12-3-5-23(6-4-12)9-16(17,18)19/h8,12H,3-7,9H2,1-2H3,(H,20,21,22). The van der Waals surface area contributed by atoms with Crippen LogP contribution < -0.4 is 5.32 Å². The number of alkyl halides is 3. The van der Waals surface area contributed by atoms with Gasteiger partial charge in [0.2, 0.25) is 0 Å². The average Bonchev–Trinajstić information content (AvgIpc) is 2.86. The number of rotatable bonds is 4. The maximum absolute atomic E-state index is 12.4. The third-order valence-corrected chi connectivity index (χ3v) is 5.39. The Morgan fingerprint density at radius 3 is 2.62 bits per heavy atom. The molecule has 0 aromatic carbocycles. The predicted octanol–water partition coefficient (Wildman–Crippen LogP) is 3.99. The zero-order valence-electron chi connectivity index (χ0n) is 13.8. The molecule has 3 heterocycles. The molecule has 1 saturated heterocycles. The van der Waals surface area contributed by atoms with Crippen molar-refractivity contribution in [2.75, 3.05) is 31.5 Å². The number of likely N-dealkylation sites (tertiary alicyclic amines) is 1. The van der Waals surface area contributed by atoms with E-state index in [1.165, 1.54) is 4.90 Å². The third-order valence-electron chi connectivity index (χ3n) is 4.40. The molecule has 4 nitrogen and oxygen atoms in total. The van der Waals surface area contributed by atoms with Crippen molar-refractivity contribution >= 4 is 27.4 Å². The maximum atomic E-state index is 12.4. The quantitative estimate of drug-likeness (QED) is 0.897. The highest BCUT2D eigenvalue weighted by Gasteiger charge is 2.32. The van der Waals surface area contributed by atoms with Gasteiger partial charge in [-0.2, -0.15) is 13.2 Å². The normalized spacial score (nSPS) is 17.5. The van der Waals surface area contributed by atoms with Crippen LogP contribution in [0.5, 0.6) is 0 Å². The second-order valence-corrected chi connectivity index (χ2v) is 7.29. The molecule has 1 N–H and O–H groups in total. The van der Waals surface area contributed by atoms with Crippen LogP contribution in [-0.2, 0) is 0 Å². The van der Waals surface area contributed by atoms with E-state index in [0.29, 0.717) is 19.0 Å². The van der Waals surface area contributed by atoms with Gasteiger partial charge < -0.3 is 5.32 Å². The van der Waals surface area contributed by atoms with E-state index in [-0.39, 0.29) is 0 Å². The fraction of sp³-hybridized carbons (Fsp3) is 0.625. The van der Waals surface area contributed by atoms with Crippen molar-refractivity contribution in [1.29, 1.82) is 0 Å². The van der Waals surface area contributed by atoms with Crippen LogP contribution in [0.3, 0.4) is 0 Å². The second-order valence-electron chi connectivity index (χ2n) is 6.43. The van der Waals surface area contributed by atoms with Crippen molar-refractivity contribution in [2.45, 2.75) is 32.9 Å². The maximum Gasteiger partial charge on any atom is 0.401 e. The van der Waals surface area contributed by atoms with Gasteiger partial charge in [-0.15, -0.1) is 11.3 Å². The zero-order chi connectivity index (χ0) is 17.3. The highest BCUT2D eigenvalue weighted by atomic mass is 32.1. The molecule has 1 aliphatic heterocycles. The Morgan fingerprint density at radius 2 is 1.96 bits per heavy atom. The molecule has 0 aliphatic carbocycles. The number of aromatic nitrogens is 2. The molecule has 2 aromatic rings.